The van der Waals surface area contributed by atoms with Gasteiger partial charge in [-0.15, -0.1) is 0 Å². The molecule has 0 heterocycles. The molecule has 102 valence electrons. The van der Waals surface area contributed by atoms with Crippen LogP contribution in [-0.2, 0) is 0 Å². The molecule has 1 unspecified atom stereocenters. The van der Waals surface area contributed by atoms with E-state index in [0.717, 1.165) is 0 Å². The first-order chi connectivity index (χ1) is 8.28. The topological polar surface area (TPSA) is 38.7 Å². The number of aliphatic hydroxyl groups excluding tert-OH is 1. The second kappa shape index (κ2) is 5.48. The molecular formula is C12H15F3O3. The summed E-state index contributed by atoms with van der Waals surface area (Å²) in [6, 6.07) is 2.90. The summed E-state index contributed by atoms with van der Waals surface area (Å²) in [5, 5.41) is 9.60. The van der Waals surface area contributed by atoms with Crippen LogP contribution in [0.15, 0.2) is 12.1 Å². The zero-order chi connectivity index (χ0) is 13.9. The van der Waals surface area contributed by atoms with Crippen LogP contribution in [0.1, 0.15) is 23.7 Å². The van der Waals surface area contributed by atoms with Gasteiger partial charge < -0.3 is 14.6 Å². The Morgan fingerprint density at radius 2 is 1.67 bits per heavy atom. The Labute approximate surface area is 103 Å². The van der Waals surface area contributed by atoms with Crippen LogP contribution in [0.5, 0.6) is 11.5 Å². The average Bonchev–Trinajstić information content (AvgIpc) is 2.26. The fourth-order valence-corrected chi connectivity index (χ4v) is 1.68. The van der Waals surface area contributed by atoms with Gasteiger partial charge in [-0.3, -0.25) is 0 Å². The highest BCUT2D eigenvalue weighted by Crippen LogP contribution is 2.36. The lowest BCUT2D eigenvalue weighted by molar-refractivity contribution is -0.154. The van der Waals surface area contributed by atoms with Crippen LogP contribution < -0.4 is 9.47 Å². The monoisotopic (exact) mass is 264 g/mol. The predicted octanol–water partition coefficient (Wildman–Crippen LogP) is 3.00. The molecule has 1 aromatic rings. The first-order valence-electron chi connectivity index (χ1n) is 5.26. The normalized spacial score (nSPS) is 13.3. The Kier molecular flexibility index (Phi) is 4.45. The molecule has 0 bridgehead atoms. The third-order valence-electron chi connectivity index (χ3n) is 2.56. The lowest BCUT2D eigenvalue weighted by Gasteiger charge is -2.18. The molecule has 0 saturated carbocycles. The van der Waals surface area contributed by atoms with Crippen LogP contribution in [0.25, 0.3) is 0 Å². The maximum absolute atomic E-state index is 12.2. The predicted molar refractivity (Wildman–Crippen MR) is 59.9 cm³/mol. The van der Waals surface area contributed by atoms with E-state index in [9.17, 15) is 18.3 Å². The van der Waals surface area contributed by atoms with Crippen LogP contribution in [-0.4, -0.2) is 25.5 Å². The Balaban J connectivity index is 3.09. The van der Waals surface area contributed by atoms with Crippen molar-refractivity contribution in [2.24, 2.45) is 0 Å². The van der Waals surface area contributed by atoms with Crippen molar-refractivity contribution < 1.29 is 27.8 Å². The molecule has 0 fully saturated rings. The van der Waals surface area contributed by atoms with Crippen LogP contribution >= 0.6 is 0 Å². The fraction of sp³-hybridized carbons (Fsp3) is 0.500. The molecule has 1 atom stereocenters. The number of hydrogen-bond donors (Lipinski definition) is 1. The van der Waals surface area contributed by atoms with E-state index in [-0.39, 0.29) is 5.56 Å². The maximum Gasteiger partial charge on any atom is 0.391 e. The molecule has 0 aliphatic carbocycles. The molecule has 0 aromatic heterocycles. The van der Waals surface area contributed by atoms with E-state index < -0.39 is 18.7 Å². The smallest absolute Gasteiger partial charge is 0.391 e. The summed E-state index contributed by atoms with van der Waals surface area (Å²) in [5.74, 6) is 0.706. The molecular weight excluding hydrogens is 249 g/mol. The maximum atomic E-state index is 12.2. The minimum atomic E-state index is -4.42. The summed E-state index contributed by atoms with van der Waals surface area (Å²) in [6.45, 7) is 1.61. The Hall–Kier alpha value is -1.43. The molecule has 6 heteroatoms. The summed E-state index contributed by atoms with van der Waals surface area (Å²) < 4.78 is 46.7. The second-order valence-corrected chi connectivity index (χ2v) is 3.90. The first-order valence-corrected chi connectivity index (χ1v) is 5.26. The van der Waals surface area contributed by atoms with Crippen LogP contribution in [0.4, 0.5) is 13.2 Å². The number of aryl methyl sites for hydroxylation is 1. The van der Waals surface area contributed by atoms with Gasteiger partial charge in [-0.05, 0) is 30.2 Å². The minimum absolute atomic E-state index is 0.185. The van der Waals surface area contributed by atoms with Crippen molar-refractivity contribution in [3.63, 3.8) is 0 Å². The van der Waals surface area contributed by atoms with Crippen LogP contribution in [0.2, 0.25) is 0 Å². The zero-order valence-electron chi connectivity index (χ0n) is 10.3. The third kappa shape index (κ3) is 3.53. The SMILES string of the molecule is COc1cc(C)c(C(O)CC(F)(F)F)cc1OC. The van der Waals surface area contributed by atoms with Crippen molar-refractivity contribution in [3.05, 3.63) is 23.3 Å². The van der Waals surface area contributed by atoms with E-state index >= 15 is 0 Å². The van der Waals surface area contributed by atoms with E-state index in [1.807, 2.05) is 0 Å². The van der Waals surface area contributed by atoms with E-state index in [1.165, 1.54) is 26.4 Å². The molecule has 3 nitrogen and oxygen atoms in total. The Morgan fingerprint density at radius 1 is 1.17 bits per heavy atom. The van der Waals surface area contributed by atoms with Gasteiger partial charge in [0.2, 0.25) is 0 Å². The molecule has 0 radical (unpaired) electrons. The quantitative estimate of drug-likeness (QED) is 0.908. The molecule has 0 amide bonds. The summed E-state index contributed by atoms with van der Waals surface area (Å²) in [7, 11) is 2.82. The number of rotatable bonds is 4. The van der Waals surface area contributed by atoms with Crippen molar-refractivity contribution in [2.45, 2.75) is 25.6 Å². The van der Waals surface area contributed by atoms with Gasteiger partial charge in [0, 0.05) is 0 Å². The number of aliphatic hydroxyl groups is 1. The van der Waals surface area contributed by atoms with E-state index in [4.69, 9.17) is 9.47 Å². The molecule has 0 spiro atoms. The van der Waals surface area contributed by atoms with Crippen molar-refractivity contribution in [3.8, 4) is 11.5 Å². The largest absolute Gasteiger partial charge is 0.493 e. The lowest BCUT2D eigenvalue weighted by Crippen LogP contribution is -2.14. The number of benzene rings is 1. The van der Waals surface area contributed by atoms with E-state index in [2.05, 4.69) is 0 Å². The van der Waals surface area contributed by atoms with Gasteiger partial charge in [0.1, 0.15) is 0 Å². The van der Waals surface area contributed by atoms with Crippen molar-refractivity contribution in [1.82, 2.24) is 0 Å². The van der Waals surface area contributed by atoms with Crippen LogP contribution in [0.3, 0.4) is 0 Å². The second-order valence-electron chi connectivity index (χ2n) is 3.90. The van der Waals surface area contributed by atoms with E-state index in [0.29, 0.717) is 17.1 Å². The molecule has 18 heavy (non-hydrogen) atoms. The van der Waals surface area contributed by atoms with Crippen molar-refractivity contribution >= 4 is 0 Å². The standard InChI is InChI=1S/C12H15F3O3/c1-7-4-10(17-2)11(18-3)5-8(7)9(16)6-12(13,14)15/h4-5,9,16H,6H2,1-3H3. The highest BCUT2D eigenvalue weighted by atomic mass is 19.4. The Morgan fingerprint density at radius 3 is 2.11 bits per heavy atom. The number of halogens is 3. The highest BCUT2D eigenvalue weighted by molar-refractivity contribution is 5.47. The van der Waals surface area contributed by atoms with Crippen LogP contribution in [0, 0.1) is 6.92 Å². The lowest BCUT2D eigenvalue weighted by atomic mass is 10.00. The number of hydrogen-bond acceptors (Lipinski definition) is 3. The number of alkyl halides is 3. The molecule has 0 aliphatic rings. The molecule has 1 aromatic carbocycles. The van der Waals surface area contributed by atoms with Crippen molar-refractivity contribution in [1.29, 1.82) is 0 Å². The summed E-state index contributed by atoms with van der Waals surface area (Å²) >= 11 is 0. The minimum Gasteiger partial charge on any atom is -0.493 e. The summed E-state index contributed by atoms with van der Waals surface area (Å²) in [5.41, 5.74) is 0.703. The highest BCUT2D eigenvalue weighted by Gasteiger charge is 2.32. The van der Waals surface area contributed by atoms with Gasteiger partial charge in [-0.1, -0.05) is 0 Å². The average molecular weight is 264 g/mol. The summed E-state index contributed by atoms with van der Waals surface area (Å²) in [6.07, 6.45) is -7.31. The van der Waals surface area contributed by atoms with Gasteiger partial charge in [-0.25, -0.2) is 0 Å². The van der Waals surface area contributed by atoms with Gasteiger partial charge >= 0.3 is 6.18 Å². The van der Waals surface area contributed by atoms with Gasteiger partial charge in [0.15, 0.2) is 11.5 Å². The molecule has 0 saturated heterocycles. The van der Waals surface area contributed by atoms with Gasteiger partial charge in [0.05, 0.1) is 26.7 Å². The fourth-order valence-electron chi connectivity index (χ4n) is 1.68. The molecule has 1 N–H and O–H groups in total. The Bertz CT molecular complexity index is 416. The summed E-state index contributed by atoms with van der Waals surface area (Å²) in [4.78, 5) is 0. The third-order valence-corrected chi connectivity index (χ3v) is 2.56. The first kappa shape index (κ1) is 14.6. The zero-order valence-corrected chi connectivity index (χ0v) is 10.3. The number of ether oxygens (including phenoxy) is 2. The molecule has 1 rings (SSSR count). The van der Waals surface area contributed by atoms with Crippen molar-refractivity contribution in [2.75, 3.05) is 14.2 Å². The number of methoxy groups -OCH3 is 2. The van der Waals surface area contributed by atoms with Gasteiger partial charge in [0.25, 0.3) is 0 Å². The molecule has 0 aliphatic heterocycles. The van der Waals surface area contributed by atoms with Gasteiger partial charge in [-0.2, -0.15) is 13.2 Å². The van der Waals surface area contributed by atoms with E-state index in [1.54, 1.807) is 6.92 Å².